The number of halogens is 1. The first-order valence-electron chi connectivity index (χ1n) is 10.2. The lowest BCUT2D eigenvalue weighted by atomic mass is 9.65. The Morgan fingerprint density at radius 3 is 2.50 bits per heavy atom. The van der Waals surface area contributed by atoms with Crippen LogP contribution >= 0.6 is 23.8 Å². The first kappa shape index (κ1) is 20.9. The summed E-state index contributed by atoms with van der Waals surface area (Å²) in [7, 11) is 3.25. The summed E-state index contributed by atoms with van der Waals surface area (Å²) in [6.07, 6.45) is 0. The lowest BCUT2D eigenvalue weighted by molar-refractivity contribution is -0.156. The van der Waals surface area contributed by atoms with E-state index < -0.39 is 28.7 Å². The molecular formula is C23H20ClN3O4S. The fourth-order valence-corrected chi connectivity index (χ4v) is 6.12. The standard InChI is InChI=1S/C23H20ClN3O4S/c1-4-31-18(28)17-22(13-10-9-12(24)11-16(13)27(3)20(22)29)19(32)25-23(17)14-7-5-6-8-15(14)26(2)21(23)30/h5-11,17H,4H2,1-3H3,(H,25,32)/t17-,22-,23-/m0/s1. The maximum Gasteiger partial charge on any atom is 0.314 e. The smallest absolute Gasteiger partial charge is 0.314 e. The Labute approximate surface area is 195 Å². The van der Waals surface area contributed by atoms with Crippen molar-refractivity contribution in [2.75, 3.05) is 30.5 Å². The van der Waals surface area contributed by atoms with Crippen LogP contribution < -0.4 is 15.1 Å². The number of para-hydroxylation sites is 1. The Bertz CT molecular complexity index is 1230. The number of ether oxygens (including phenoxy) is 1. The Balaban J connectivity index is 1.86. The van der Waals surface area contributed by atoms with Crippen LogP contribution in [0.1, 0.15) is 18.1 Å². The normalized spacial score (nSPS) is 27.9. The zero-order valence-corrected chi connectivity index (χ0v) is 19.2. The second-order valence-electron chi connectivity index (χ2n) is 8.16. The molecule has 9 heteroatoms. The van der Waals surface area contributed by atoms with Crippen LogP contribution in [0.2, 0.25) is 5.02 Å². The van der Waals surface area contributed by atoms with Crippen molar-refractivity contribution in [2.45, 2.75) is 17.9 Å². The van der Waals surface area contributed by atoms with Gasteiger partial charge < -0.3 is 19.9 Å². The predicted molar refractivity (Wildman–Crippen MR) is 124 cm³/mol. The Kier molecular flexibility index (Phi) is 4.42. The van der Waals surface area contributed by atoms with Gasteiger partial charge in [0.25, 0.3) is 5.91 Å². The maximum absolute atomic E-state index is 13.9. The SMILES string of the molecule is CCOC(=O)[C@H]1[C@]2(C(=O)N(C)c3cc(Cl)ccc32)C(=S)N[C@]12C(=O)N(C)c1ccccc12. The quantitative estimate of drug-likeness (QED) is 0.538. The number of hydrogen-bond donors (Lipinski definition) is 1. The summed E-state index contributed by atoms with van der Waals surface area (Å²) in [5.41, 5.74) is -0.847. The van der Waals surface area contributed by atoms with Crippen LogP contribution in [0.3, 0.4) is 0 Å². The average molecular weight is 470 g/mol. The van der Waals surface area contributed by atoms with Gasteiger partial charge in [-0.05, 0) is 30.7 Å². The minimum Gasteiger partial charge on any atom is -0.466 e. The number of nitrogens with zero attached hydrogens (tertiary/aromatic N) is 2. The molecule has 164 valence electrons. The highest BCUT2D eigenvalue weighted by atomic mass is 35.5. The fraction of sp³-hybridized carbons (Fsp3) is 0.304. The minimum atomic E-state index is -1.59. The molecule has 2 aromatic rings. The topological polar surface area (TPSA) is 79.0 Å². The summed E-state index contributed by atoms with van der Waals surface area (Å²) in [6.45, 7) is 1.78. The van der Waals surface area contributed by atoms with Crippen LogP contribution in [0.5, 0.6) is 0 Å². The summed E-state index contributed by atoms with van der Waals surface area (Å²) in [5, 5.41) is 3.60. The summed E-state index contributed by atoms with van der Waals surface area (Å²) >= 11 is 12.0. The number of anilines is 2. The van der Waals surface area contributed by atoms with E-state index in [9.17, 15) is 14.4 Å². The van der Waals surface area contributed by atoms with Gasteiger partial charge in [0.15, 0.2) is 5.54 Å². The molecular weight excluding hydrogens is 450 g/mol. The number of nitrogens with one attached hydrogen (secondary N) is 1. The molecule has 3 aliphatic heterocycles. The molecule has 0 aromatic heterocycles. The molecule has 7 nitrogen and oxygen atoms in total. The Hall–Kier alpha value is -2.97. The molecule has 0 aliphatic carbocycles. The first-order valence-corrected chi connectivity index (χ1v) is 11.0. The Morgan fingerprint density at radius 2 is 1.78 bits per heavy atom. The van der Waals surface area contributed by atoms with Gasteiger partial charge in [0.2, 0.25) is 5.91 Å². The molecule has 1 N–H and O–H groups in total. The number of thiocarbonyl (C=S) groups is 1. The highest BCUT2D eigenvalue weighted by Crippen LogP contribution is 2.60. The molecule has 1 saturated heterocycles. The van der Waals surface area contributed by atoms with Crippen molar-refractivity contribution in [3.05, 3.63) is 58.6 Å². The van der Waals surface area contributed by atoms with Gasteiger partial charge in [-0.2, -0.15) is 0 Å². The summed E-state index contributed by atoms with van der Waals surface area (Å²) in [6, 6.07) is 12.2. The molecule has 0 unspecified atom stereocenters. The molecule has 32 heavy (non-hydrogen) atoms. The molecule has 2 spiro atoms. The van der Waals surface area contributed by atoms with Gasteiger partial charge in [-0.1, -0.05) is 48.1 Å². The van der Waals surface area contributed by atoms with Crippen LogP contribution in [0.4, 0.5) is 11.4 Å². The van der Waals surface area contributed by atoms with E-state index in [1.165, 1.54) is 9.80 Å². The number of esters is 1. The van der Waals surface area contributed by atoms with Crippen molar-refractivity contribution >= 4 is 58.0 Å². The van der Waals surface area contributed by atoms with E-state index >= 15 is 0 Å². The van der Waals surface area contributed by atoms with E-state index in [1.54, 1.807) is 57.4 Å². The monoisotopic (exact) mass is 469 g/mol. The van der Waals surface area contributed by atoms with E-state index in [1.807, 2.05) is 6.07 Å². The third kappa shape index (κ3) is 2.21. The van der Waals surface area contributed by atoms with E-state index in [0.29, 0.717) is 27.5 Å². The van der Waals surface area contributed by atoms with Gasteiger partial charge in [0.1, 0.15) is 11.3 Å². The number of benzene rings is 2. The zero-order valence-electron chi connectivity index (χ0n) is 17.6. The largest absolute Gasteiger partial charge is 0.466 e. The second kappa shape index (κ2) is 6.76. The van der Waals surface area contributed by atoms with Gasteiger partial charge in [0, 0.05) is 36.1 Å². The van der Waals surface area contributed by atoms with Crippen LogP contribution in [0.15, 0.2) is 42.5 Å². The minimum absolute atomic E-state index is 0.0947. The molecule has 0 radical (unpaired) electrons. The summed E-state index contributed by atoms with van der Waals surface area (Å²) in [5.74, 6) is -2.67. The molecule has 3 atom stereocenters. The average Bonchev–Trinajstić information content (AvgIpc) is 3.26. The molecule has 1 fully saturated rings. The highest BCUT2D eigenvalue weighted by Gasteiger charge is 2.76. The molecule has 3 heterocycles. The highest BCUT2D eigenvalue weighted by molar-refractivity contribution is 7.80. The first-order chi connectivity index (χ1) is 15.2. The van der Waals surface area contributed by atoms with Crippen molar-refractivity contribution < 1.29 is 19.1 Å². The molecule has 5 rings (SSSR count). The van der Waals surface area contributed by atoms with E-state index in [2.05, 4.69) is 5.32 Å². The van der Waals surface area contributed by atoms with Gasteiger partial charge in [-0.3, -0.25) is 14.4 Å². The molecule has 3 aliphatic rings. The summed E-state index contributed by atoms with van der Waals surface area (Å²) in [4.78, 5) is 44.3. The second-order valence-corrected chi connectivity index (χ2v) is 9.01. The summed E-state index contributed by atoms with van der Waals surface area (Å²) < 4.78 is 5.46. The third-order valence-corrected chi connectivity index (χ3v) is 7.44. The van der Waals surface area contributed by atoms with E-state index in [4.69, 9.17) is 28.6 Å². The van der Waals surface area contributed by atoms with Crippen LogP contribution in [0.25, 0.3) is 0 Å². The van der Waals surface area contributed by atoms with E-state index in [0.717, 1.165) is 0 Å². The van der Waals surface area contributed by atoms with Crippen LogP contribution in [-0.4, -0.2) is 43.5 Å². The molecule has 2 aromatic carbocycles. The van der Waals surface area contributed by atoms with Crippen molar-refractivity contribution in [1.82, 2.24) is 5.32 Å². The van der Waals surface area contributed by atoms with Crippen molar-refractivity contribution in [1.29, 1.82) is 0 Å². The lowest BCUT2D eigenvalue weighted by Crippen LogP contribution is -2.56. The molecule has 0 saturated carbocycles. The van der Waals surface area contributed by atoms with Crippen molar-refractivity contribution in [2.24, 2.45) is 5.92 Å². The number of hydrogen-bond acceptors (Lipinski definition) is 5. The number of amides is 2. The number of fused-ring (bicyclic) bond motifs is 4. The van der Waals surface area contributed by atoms with Crippen molar-refractivity contribution in [3.8, 4) is 0 Å². The third-order valence-electron chi connectivity index (χ3n) is 6.78. The maximum atomic E-state index is 13.9. The number of carbonyl (C=O) groups is 3. The van der Waals surface area contributed by atoms with Crippen molar-refractivity contribution in [3.63, 3.8) is 0 Å². The number of rotatable bonds is 2. The van der Waals surface area contributed by atoms with Gasteiger partial charge in [0.05, 0.1) is 11.6 Å². The zero-order chi connectivity index (χ0) is 23.0. The lowest BCUT2D eigenvalue weighted by Gasteiger charge is -2.33. The van der Waals surface area contributed by atoms with Gasteiger partial charge >= 0.3 is 5.97 Å². The van der Waals surface area contributed by atoms with Crippen LogP contribution in [-0.2, 0) is 30.1 Å². The Morgan fingerprint density at radius 1 is 1.09 bits per heavy atom. The van der Waals surface area contributed by atoms with Gasteiger partial charge in [-0.15, -0.1) is 0 Å². The molecule has 0 bridgehead atoms. The number of likely N-dealkylation sites (N-methyl/N-ethyl adjacent to an activating group) is 2. The number of carbonyl (C=O) groups excluding carboxylic acids is 3. The van der Waals surface area contributed by atoms with Crippen LogP contribution in [0, 0.1) is 5.92 Å². The van der Waals surface area contributed by atoms with E-state index in [-0.39, 0.29) is 17.5 Å². The van der Waals surface area contributed by atoms with Gasteiger partial charge in [-0.25, -0.2) is 0 Å². The molecule has 2 amide bonds. The fourth-order valence-electron chi connectivity index (χ4n) is 5.48. The predicted octanol–water partition coefficient (Wildman–Crippen LogP) is 2.54.